The fraction of sp³-hybridized carbons (Fsp3) is 0.350. The summed E-state index contributed by atoms with van der Waals surface area (Å²) in [5.41, 5.74) is 1.85. The van der Waals surface area contributed by atoms with E-state index in [1.807, 2.05) is 30.3 Å². The van der Waals surface area contributed by atoms with Gasteiger partial charge in [-0.3, -0.25) is 4.79 Å². The second kappa shape index (κ2) is 9.97. The van der Waals surface area contributed by atoms with E-state index < -0.39 is 21.5 Å². The average molecular weight is 391 g/mol. The van der Waals surface area contributed by atoms with Gasteiger partial charge in [0.05, 0.1) is 20.0 Å². The molecule has 27 heavy (non-hydrogen) atoms. The fourth-order valence-corrected chi connectivity index (χ4v) is 3.86. The molecule has 0 atom stereocenters. The van der Waals surface area contributed by atoms with Crippen LogP contribution in [0, 0.1) is 0 Å². The first-order chi connectivity index (χ1) is 12.9. The first-order valence-corrected chi connectivity index (χ1v) is 10.5. The van der Waals surface area contributed by atoms with Crippen LogP contribution in [-0.2, 0) is 27.6 Å². The summed E-state index contributed by atoms with van der Waals surface area (Å²) in [6.45, 7) is 0.200. The summed E-state index contributed by atoms with van der Waals surface area (Å²) in [5, 5.41) is 2.64. The Bertz CT molecular complexity index is 828. The SMILES string of the molecule is COc1cc(CNC(=O)CS(=O)(=O)CCCc2ccccc2)cc(OC)c1. The lowest BCUT2D eigenvalue weighted by atomic mass is 10.1. The average Bonchev–Trinajstić information content (AvgIpc) is 2.66. The molecular weight excluding hydrogens is 366 g/mol. The molecule has 2 rings (SSSR count). The molecule has 146 valence electrons. The number of methoxy groups -OCH3 is 2. The number of carbonyl (C=O) groups excluding carboxylic acids is 1. The van der Waals surface area contributed by atoms with Crippen molar-refractivity contribution < 1.29 is 22.7 Å². The Morgan fingerprint density at radius 1 is 0.963 bits per heavy atom. The van der Waals surface area contributed by atoms with Crippen LogP contribution in [-0.4, -0.2) is 40.1 Å². The van der Waals surface area contributed by atoms with Crippen molar-refractivity contribution in [1.82, 2.24) is 5.32 Å². The van der Waals surface area contributed by atoms with Gasteiger partial charge in [0.15, 0.2) is 9.84 Å². The zero-order chi connectivity index (χ0) is 19.7. The van der Waals surface area contributed by atoms with Crippen LogP contribution >= 0.6 is 0 Å². The van der Waals surface area contributed by atoms with Crippen LogP contribution in [0.4, 0.5) is 0 Å². The quantitative estimate of drug-likeness (QED) is 0.672. The molecule has 0 aliphatic carbocycles. The molecule has 0 saturated carbocycles. The molecule has 6 nitrogen and oxygen atoms in total. The van der Waals surface area contributed by atoms with Crippen LogP contribution in [0.25, 0.3) is 0 Å². The van der Waals surface area contributed by atoms with E-state index in [-0.39, 0.29) is 12.3 Å². The molecule has 0 spiro atoms. The number of amides is 1. The Labute approximate surface area is 160 Å². The van der Waals surface area contributed by atoms with Crippen molar-refractivity contribution in [2.75, 3.05) is 25.7 Å². The van der Waals surface area contributed by atoms with Gasteiger partial charge in [-0.05, 0) is 36.1 Å². The highest BCUT2D eigenvalue weighted by molar-refractivity contribution is 7.92. The van der Waals surface area contributed by atoms with Crippen molar-refractivity contribution in [2.45, 2.75) is 19.4 Å². The Kier molecular flexibility index (Phi) is 7.67. The van der Waals surface area contributed by atoms with Crippen LogP contribution in [0.1, 0.15) is 17.5 Å². The van der Waals surface area contributed by atoms with E-state index in [4.69, 9.17) is 9.47 Å². The summed E-state index contributed by atoms with van der Waals surface area (Å²) in [5.74, 6) is 0.168. The Morgan fingerprint density at radius 2 is 1.59 bits per heavy atom. The van der Waals surface area contributed by atoms with Gasteiger partial charge < -0.3 is 14.8 Å². The van der Waals surface area contributed by atoms with Crippen molar-refractivity contribution in [3.05, 3.63) is 59.7 Å². The molecule has 0 saturated heterocycles. The van der Waals surface area contributed by atoms with Crippen LogP contribution < -0.4 is 14.8 Å². The summed E-state index contributed by atoms with van der Waals surface area (Å²) >= 11 is 0. The first-order valence-electron chi connectivity index (χ1n) is 8.65. The molecule has 1 amide bonds. The molecule has 0 bridgehead atoms. The number of carbonyl (C=O) groups is 1. The zero-order valence-corrected chi connectivity index (χ0v) is 16.4. The van der Waals surface area contributed by atoms with Gasteiger partial charge >= 0.3 is 0 Å². The lowest BCUT2D eigenvalue weighted by Gasteiger charge is -2.10. The van der Waals surface area contributed by atoms with Crippen LogP contribution in [0.15, 0.2) is 48.5 Å². The predicted molar refractivity (Wildman–Crippen MR) is 105 cm³/mol. The molecule has 1 N–H and O–H groups in total. The van der Waals surface area contributed by atoms with Gasteiger partial charge in [-0.15, -0.1) is 0 Å². The third-order valence-electron chi connectivity index (χ3n) is 4.02. The maximum Gasteiger partial charge on any atom is 0.235 e. The summed E-state index contributed by atoms with van der Waals surface area (Å²) < 4.78 is 34.6. The highest BCUT2D eigenvalue weighted by Crippen LogP contribution is 2.22. The van der Waals surface area contributed by atoms with E-state index in [1.54, 1.807) is 32.4 Å². The second-order valence-electron chi connectivity index (χ2n) is 6.18. The Balaban J connectivity index is 1.82. The molecular formula is C20H25NO5S. The number of sulfone groups is 1. The maximum atomic E-state index is 12.1. The van der Waals surface area contributed by atoms with Crippen molar-refractivity contribution in [3.63, 3.8) is 0 Å². The number of nitrogens with one attached hydrogen (secondary N) is 1. The van der Waals surface area contributed by atoms with Crippen molar-refractivity contribution >= 4 is 15.7 Å². The minimum absolute atomic E-state index is 0.0116. The van der Waals surface area contributed by atoms with Gasteiger partial charge in [-0.2, -0.15) is 0 Å². The number of rotatable bonds is 10. The lowest BCUT2D eigenvalue weighted by molar-refractivity contribution is -0.118. The number of aryl methyl sites for hydroxylation is 1. The largest absolute Gasteiger partial charge is 0.497 e. The minimum atomic E-state index is -3.44. The molecule has 2 aromatic rings. The van der Waals surface area contributed by atoms with E-state index in [0.717, 1.165) is 11.1 Å². The molecule has 0 fully saturated rings. The number of hydrogen-bond acceptors (Lipinski definition) is 5. The molecule has 0 radical (unpaired) electrons. The predicted octanol–water partition coefficient (Wildman–Crippen LogP) is 2.37. The van der Waals surface area contributed by atoms with Crippen molar-refractivity contribution in [3.8, 4) is 11.5 Å². The van der Waals surface area contributed by atoms with E-state index >= 15 is 0 Å². The molecule has 0 unspecified atom stereocenters. The van der Waals surface area contributed by atoms with Gasteiger partial charge in [-0.1, -0.05) is 30.3 Å². The van der Waals surface area contributed by atoms with Gasteiger partial charge in [0, 0.05) is 12.6 Å². The Morgan fingerprint density at radius 3 is 2.19 bits per heavy atom. The van der Waals surface area contributed by atoms with Crippen LogP contribution in [0.5, 0.6) is 11.5 Å². The number of benzene rings is 2. The molecule has 0 aliphatic rings. The minimum Gasteiger partial charge on any atom is -0.497 e. The van der Waals surface area contributed by atoms with Gasteiger partial charge in [0.1, 0.15) is 17.3 Å². The van der Waals surface area contributed by atoms with Crippen molar-refractivity contribution in [1.29, 1.82) is 0 Å². The molecule has 7 heteroatoms. The van der Waals surface area contributed by atoms with Gasteiger partial charge in [-0.25, -0.2) is 8.42 Å². The molecule has 0 heterocycles. The highest BCUT2D eigenvalue weighted by atomic mass is 32.2. The first kappa shape index (κ1) is 20.8. The van der Waals surface area contributed by atoms with Crippen LogP contribution in [0.2, 0.25) is 0 Å². The smallest absolute Gasteiger partial charge is 0.235 e. The fourth-order valence-electron chi connectivity index (χ4n) is 2.63. The van der Waals surface area contributed by atoms with E-state index in [0.29, 0.717) is 24.3 Å². The molecule has 2 aromatic carbocycles. The number of ether oxygens (including phenoxy) is 2. The van der Waals surface area contributed by atoms with Crippen molar-refractivity contribution in [2.24, 2.45) is 0 Å². The third kappa shape index (κ3) is 7.30. The van der Waals surface area contributed by atoms with E-state index in [1.165, 1.54) is 0 Å². The third-order valence-corrected chi connectivity index (χ3v) is 5.63. The topological polar surface area (TPSA) is 81.7 Å². The standard InChI is InChI=1S/C20H25NO5S/c1-25-18-11-17(12-19(13-18)26-2)14-21-20(22)15-27(23,24)10-6-9-16-7-4-3-5-8-16/h3-5,7-8,11-13H,6,9-10,14-15H2,1-2H3,(H,21,22). The monoisotopic (exact) mass is 391 g/mol. The van der Waals surface area contributed by atoms with Crippen LogP contribution in [0.3, 0.4) is 0 Å². The Hall–Kier alpha value is -2.54. The van der Waals surface area contributed by atoms with E-state index in [9.17, 15) is 13.2 Å². The normalized spacial score (nSPS) is 11.0. The lowest BCUT2D eigenvalue weighted by Crippen LogP contribution is -2.31. The zero-order valence-electron chi connectivity index (χ0n) is 15.6. The summed E-state index contributed by atoms with van der Waals surface area (Å²) in [6, 6.07) is 14.9. The van der Waals surface area contributed by atoms with E-state index in [2.05, 4.69) is 5.32 Å². The maximum absolute atomic E-state index is 12.1. The summed E-state index contributed by atoms with van der Waals surface area (Å²) in [4.78, 5) is 12.0. The highest BCUT2D eigenvalue weighted by Gasteiger charge is 2.16. The second-order valence-corrected chi connectivity index (χ2v) is 8.36. The summed E-state index contributed by atoms with van der Waals surface area (Å²) in [7, 11) is -0.361. The number of hydrogen-bond donors (Lipinski definition) is 1. The summed E-state index contributed by atoms with van der Waals surface area (Å²) in [6.07, 6.45) is 1.16. The van der Waals surface area contributed by atoms with Gasteiger partial charge in [0.25, 0.3) is 0 Å². The molecule has 0 aliphatic heterocycles. The molecule has 0 aromatic heterocycles. The van der Waals surface area contributed by atoms with Gasteiger partial charge in [0.2, 0.25) is 5.91 Å².